The first-order valence-electron chi connectivity index (χ1n) is 8.06. The molecule has 0 aliphatic carbocycles. The molecule has 0 bridgehead atoms. The maximum Gasteiger partial charge on any atom is 0.257 e. The van der Waals surface area contributed by atoms with Crippen LogP contribution in [0.1, 0.15) is 16.1 Å². The molecule has 0 saturated carbocycles. The van der Waals surface area contributed by atoms with Crippen LogP contribution < -0.4 is 0 Å². The first-order chi connectivity index (χ1) is 12.0. The fraction of sp³-hybridized carbons (Fsp3) is 0.412. The Balaban J connectivity index is 1.70. The minimum Gasteiger partial charge on any atom is -0.336 e. The summed E-state index contributed by atoms with van der Waals surface area (Å²) in [6, 6.07) is 7.67. The van der Waals surface area contributed by atoms with Crippen LogP contribution in [-0.2, 0) is 0 Å². The summed E-state index contributed by atoms with van der Waals surface area (Å²) < 4.78 is 27.6. The summed E-state index contributed by atoms with van der Waals surface area (Å²) >= 11 is 3.40. The third-order valence-electron chi connectivity index (χ3n) is 4.37. The van der Waals surface area contributed by atoms with Gasteiger partial charge in [0.15, 0.2) is 0 Å². The van der Waals surface area contributed by atoms with Crippen molar-refractivity contribution < 1.29 is 13.6 Å². The van der Waals surface area contributed by atoms with Gasteiger partial charge in [0.05, 0.1) is 29.7 Å². The van der Waals surface area contributed by atoms with E-state index in [4.69, 9.17) is 0 Å². The molecular formula is C17H19BrF2N4O. The van der Waals surface area contributed by atoms with Gasteiger partial charge in [-0.2, -0.15) is 5.10 Å². The molecule has 0 radical (unpaired) electrons. The number of carbonyl (C=O) groups excluding carboxylic acids is 1. The number of benzene rings is 1. The van der Waals surface area contributed by atoms with E-state index in [9.17, 15) is 13.6 Å². The van der Waals surface area contributed by atoms with Crippen molar-refractivity contribution in [3.63, 3.8) is 0 Å². The minimum absolute atomic E-state index is 0.0995. The van der Waals surface area contributed by atoms with E-state index in [0.29, 0.717) is 31.7 Å². The Labute approximate surface area is 153 Å². The normalized spacial score (nSPS) is 15.8. The molecule has 0 spiro atoms. The molecule has 0 atom stereocenters. The number of piperazine rings is 1. The summed E-state index contributed by atoms with van der Waals surface area (Å²) in [7, 11) is 0. The molecule has 3 rings (SSSR count). The SMILES string of the molecule is Cc1c(C(=O)N2CCN(CC(F)F)CC2)cnn1-c1ccc(Br)cc1. The van der Waals surface area contributed by atoms with Crippen LogP contribution in [-0.4, -0.2) is 64.6 Å². The summed E-state index contributed by atoms with van der Waals surface area (Å²) in [6.07, 6.45) is -0.765. The van der Waals surface area contributed by atoms with E-state index in [1.54, 1.807) is 20.7 Å². The molecule has 5 nitrogen and oxygen atoms in total. The third-order valence-corrected chi connectivity index (χ3v) is 4.90. The van der Waals surface area contributed by atoms with Crippen LogP contribution in [0.3, 0.4) is 0 Å². The van der Waals surface area contributed by atoms with E-state index in [1.165, 1.54) is 0 Å². The lowest BCUT2D eigenvalue weighted by atomic mass is 10.2. The van der Waals surface area contributed by atoms with Crippen molar-refractivity contribution in [1.82, 2.24) is 19.6 Å². The van der Waals surface area contributed by atoms with Crippen molar-refractivity contribution in [1.29, 1.82) is 0 Å². The van der Waals surface area contributed by atoms with Crippen LogP contribution in [0.15, 0.2) is 34.9 Å². The van der Waals surface area contributed by atoms with Gasteiger partial charge in [-0.05, 0) is 31.2 Å². The third kappa shape index (κ3) is 4.07. The number of nitrogens with zero attached hydrogens (tertiary/aromatic N) is 4. The molecule has 2 heterocycles. The highest BCUT2D eigenvalue weighted by molar-refractivity contribution is 9.10. The van der Waals surface area contributed by atoms with Crippen molar-refractivity contribution in [2.75, 3.05) is 32.7 Å². The molecular weight excluding hydrogens is 394 g/mol. The predicted molar refractivity (Wildman–Crippen MR) is 94.3 cm³/mol. The van der Waals surface area contributed by atoms with Gasteiger partial charge in [0.1, 0.15) is 0 Å². The van der Waals surface area contributed by atoms with Crippen LogP contribution >= 0.6 is 15.9 Å². The second-order valence-electron chi connectivity index (χ2n) is 6.02. The van der Waals surface area contributed by atoms with Crippen LogP contribution in [0.25, 0.3) is 5.69 Å². The number of rotatable bonds is 4. The van der Waals surface area contributed by atoms with Gasteiger partial charge in [0.25, 0.3) is 12.3 Å². The Morgan fingerprint density at radius 1 is 1.20 bits per heavy atom. The largest absolute Gasteiger partial charge is 0.336 e. The number of halogens is 3. The highest BCUT2D eigenvalue weighted by Crippen LogP contribution is 2.19. The smallest absolute Gasteiger partial charge is 0.257 e. The fourth-order valence-electron chi connectivity index (χ4n) is 2.96. The van der Waals surface area contributed by atoms with E-state index in [2.05, 4.69) is 21.0 Å². The highest BCUT2D eigenvalue weighted by atomic mass is 79.9. The zero-order valence-electron chi connectivity index (χ0n) is 13.8. The molecule has 1 aliphatic rings. The van der Waals surface area contributed by atoms with Gasteiger partial charge < -0.3 is 4.90 Å². The molecule has 1 fully saturated rings. The standard InChI is InChI=1S/C17H19BrF2N4O/c1-12-15(10-21-24(12)14-4-2-13(18)3-5-14)17(25)23-8-6-22(7-9-23)11-16(19)20/h2-5,10,16H,6-9,11H2,1H3. The van der Waals surface area contributed by atoms with Gasteiger partial charge >= 0.3 is 0 Å². The lowest BCUT2D eigenvalue weighted by Crippen LogP contribution is -2.49. The molecule has 1 aromatic carbocycles. The Hall–Kier alpha value is -1.80. The van der Waals surface area contributed by atoms with E-state index in [-0.39, 0.29) is 12.5 Å². The fourth-order valence-corrected chi connectivity index (χ4v) is 3.23. The number of hydrogen-bond acceptors (Lipinski definition) is 3. The molecule has 1 aliphatic heterocycles. The maximum absolute atomic E-state index is 12.7. The van der Waals surface area contributed by atoms with Crippen molar-refractivity contribution in [3.8, 4) is 5.69 Å². The minimum atomic E-state index is -2.34. The maximum atomic E-state index is 12.7. The Morgan fingerprint density at radius 3 is 2.44 bits per heavy atom. The highest BCUT2D eigenvalue weighted by Gasteiger charge is 2.26. The van der Waals surface area contributed by atoms with Gasteiger partial charge in [-0.3, -0.25) is 9.69 Å². The molecule has 0 unspecified atom stereocenters. The average Bonchev–Trinajstić information content (AvgIpc) is 2.97. The molecule has 1 amide bonds. The van der Waals surface area contributed by atoms with Crippen LogP contribution in [0.5, 0.6) is 0 Å². The number of hydrogen-bond donors (Lipinski definition) is 0. The first-order valence-corrected chi connectivity index (χ1v) is 8.85. The predicted octanol–water partition coefficient (Wildman–Crippen LogP) is 2.97. The average molecular weight is 413 g/mol. The lowest BCUT2D eigenvalue weighted by molar-refractivity contribution is 0.0458. The first kappa shape index (κ1) is 18.0. The summed E-state index contributed by atoms with van der Waals surface area (Å²) in [4.78, 5) is 16.1. The monoisotopic (exact) mass is 412 g/mol. The summed E-state index contributed by atoms with van der Waals surface area (Å²) in [5.74, 6) is -0.0995. The van der Waals surface area contributed by atoms with Gasteiger partial charge in [0, 0.05) is 30.7 Å². The number of amides is 1. The van der Waals surface area contributed by atoms with Crippen LogP contribution in [0.4, 0.5) is 8.78 Å². The lowest BCUT2D eigenvalue weighted by Gasteiger charge is -2.34. The number of alkyl halides is 2. The molecule has 1 aromatic heterocycles. The van der Waals surface area contributed by atoms with E-state index in [0.717, 1.165) is 15.9 Å². The van der Waals surface area contributed by atoms with Gasteiger partial charge in [0.2, 0.25) is 0 Å². The second kappa shape index (κ2) is 7.61. The van der Waals surface area contributed by atoms with Crippen LogP contribution in [0, 0.1) is 6.92 Å². The van der Waals surface area contributed by atoms with Crippen molar-refractivity contribution in [3.05, 3.63) is 46.2 Å². The van der Waals surface area contributed by atoms with Crippen molar-refractivity contribution in [2.24, 2.45) is 0 Å². The van der Waals surface area contributed by atoms with E-state index >= 15 is 0 Å². The van der Waals surface area contributed by atoms with E-state index < -0.39 is 6.43 Å². The molecule has 1 saturated heterocycles. The Kier molecular flexibility index (Phi) is 5.48. The summed E-state index contributed by atoms with van der Waals surface area (Å²) in [5, 5.41) is 4.33. The van der Waals surface area contributed by atoms with Gasteiger partial charge in [-0.1, -0.05) is 15.9 Å². The van der Waals surface area contributed by atoms with Crippen molar-refractivity contribution in [2.45, 2.75) is 13.3 Å². The summed E-state index contributed by atoms with van der Waals surface area (Å²) in [5.41, 5.74) is 2.19. The Morgan fingerprint density at radius 2 is 1.84 bits per heavy atom. The quantitative estimate of drug-likeness (QED) is 0.774. The molecule has 2 aromatic rings. The van der Waals surface area contributed by atoms with Crippen LogP contribution in [0.2, 0.25) is 0 Å². The molecule has 8 heteroatoms. The molecule has 0 N–H and O–H groups in total. The zero-order chi connectivity index (χ0) is 18.0. The molecule has 134 valence electrons. The number of aromatic nitrogens is 2. The number of carbonyl (C=O) groups is 1. The molecule has 25 heavy (non-hydrogen) atoms. The van der Waals surface area contributed by atoms with E-state index in [1.807, 2.05) is 31.2 Å². The van der Waals surface area contributed by atoms with Crippen molar-refractivity contribution >= 4 is 21.8 Å². The van der Waals surface area contributed by atoms with Gasteiger partial charge in [-0.15, -0.1) is 0 Å². The topological polar surface area (TPSA) is 41.4 Å². The second-order valence-corrected chi connectivity index (χ2v) is 6.93. The zero-order valence-corrected chi connectivity index (χ0v) is 15.4. The Bertz CT molecular complexity index is 740. The van der Waals surface area contributed by atoms with Gasteiger partial charge in [-0.25, -0.2) is 13.5 Å². The summed E-state index contributed by atoms with van der Waals surface area (Å²) in [6.45, 7) is 3.47.